The van der Waals surface area contributed by atoms with Crippen molar-refractivity contribution in [1.29, 1.82) is 0 Å². The number of thiophene rings is 2. The first kappa shape index (κ1) is 27.8. The van der Waals surface area contributed by atoms with Crippen LogP contribution >= 0.6 is 45.3 Å². The molecule has 228 valence electrons. The van der Waals surface area contributed by atoms with Gasteiger partial charge in [-0.15, -0.1) is 45.3 Å². The van der Waals surface area contributed by atoms with Crippen LogP contribution in [0, 0.1) is 0 Å². The van der Waals surface area contributed by atoms with Crippen LogP contribution in [0.5, 0.6) is 0 Å². The fraction of sp³-hybridized carbons (Fsp3) is 0. The Kier molecular flexibility index (Phi) is 6.48. The molecule has 6 nitrogen and oxygen atoms in total. The predicted octanol–water partition coefficient (Wildman–Crippen LogP) is 12.2. The van der Waals surface area contributed by atoms with Crippen LogP contribution in [-0.4, -0.2) is 19.9 Å². The molecule has 0 aliphatic carbocycles. The Morgan fingerprint density at radius 3 is 1.31 bits per heavy atom. The maximum absolute atomic E-state index is 6.29. The fourth-order valence-electron chi connectivity index (χ4n) is 5.68. The number of thiazole rings is 2. The molecule has 0 spiro atoms. The molecule has 0 atom stereocenters. The number of oxazole rings is 2. The van der Waals surface area contributed by atoms with E-state index in [9.17, 15) is 0 Å². The molecule has 0 aliphatic heterocycles. The Bertz CT molecular complexity index is 2490. The van der Waals surface area contributed by atoms with Crippen LogP contribution in [0.15, 0.2) is 130 Å². The Balaban J connectivity index is 0.929. The zero-order valence-corrected chi connectivity index (χ0v) is 28.1. The number of fused-ring (bicyclic) bond motifs is 3. The first-order valence-corrected chi connectivity index (χ1v) is 18.4. The van der Waals surface area contributed by atoms with Gasteiger partial charge in [0.2, 0.25) is 11.8 Å². The van der Waals surface area contributed by atoms with Crippen molar-refractivity contribution in [3.63, 3.8) is 0 Å². The second-order valence-electron chi connectivity index (χ2n) is 11.1. The summed E-state index contributed by atoms with van der Waals surface area (Å²) in [6.07, 6.45) is 3.88. The van der Waals surface area contributed by atoms with Crippen molar-refractivity contribution in [3.05, 3.63) is 122 Å². The molecule has 0 unspecified atom stereocenters. The minimum atomic E-state index is 0.610. The number of rotatable bonds is 6. The summed E-state index contributed by atoms with van der Waals surface area (Å²) in [4.78, 5) is 25.5. The van der Waals surface area contributed by atoms with E-state index in [4.69, 9.17) is 18.8 Å². The summed E-state index contributed by atoms with van der Waals surface area (Å²) in [6, 6.07) is 37.1. The van der Waals surface area contributed by atoms with Gasteiger partial charge in [0.25, 0.3) is 0 Å². The third-order valence-electron chi connectivity index (χ3n) is 8.03. The largest absolute Gasteiger partial charge is 0.435 e. The van der Waals surface area contributed by atoms with E-state index in [0.717, 1.165) is 83.4 Å². The summed E-state index contributed by atoms with van der Waals surface area (Å²) in [7, 11) is 0. The maximum Gasteiger partial charge on any atom is 0.237 e. The van der Waals surface area contributed by atoms with Crippen molar-refractivity contribution in [1.82, 2.24) is 19.9 Å². The minimum Gasteiger partial charge on any atom is -0.435 e. The van der Waals surface area contributed by atoms with E-state index in [1.54, 1.807) is 45.3 Å². The van der Waals surface area contributed by atoms with Gasteiger partial charge in [0, 0.05) is 33.3 Å². The summed E-state index contributed by atoms with van der Waals surface area (Å²) in [5.41, 5.74) is 5.33. The van der Waals surface area contributed by atoms with E-state index in [1.165, 1.54) is 0 Å². The molecule has 0 radical (unpaired) electrons. The van der Waals surface area contributed by atoms with Gasteiger partial charge in [0.15, 0.2) is 11.2 Å². The van der Waals surface area contributed by atoms with Crippen LogP contribution in [0.25, 0.3) is 95.2 Å². The molecule has 10 heteroatoms. The molecular weight excluding hydrogens is 673 g/mol. The summed E-state index contributed by atoms with van der Waals surface area (Å²) in [5, 5.41) is 4.06. The minimum absolute atomic E-state index is 0.610. The summed E-state index contributed by atoms with van der Waals surface area (Å²) in [5.74, 6) is 1.22. The quantitative estimate of drug-likeness (QED) is 0.173. The molecule has 4 aromatic carbocycles. The Morgan fingerprint density at radius 1 is 0.417 bits per heavy atom. The number of nitrogens with zero attached hydrogens (tertiary/aromatic N) is 4. The lowest BCUT2D eigenvalue weighted by molar-refractivity contribution is 0.621. The third-order valence-corrected chi connectivity index (χ3v) is 12.7. The van der Waals surface area contributed by atoms with Crippen molar-refractivity contribution in [2.45, 2.75) is 0 Å². The maximum atomic E-state index is 6.29. The lowest BCUT2D eigenvalue weighted by atomic mass is 10.1. The fourth-order valence-corrected chi connectivity index (χ4v) is 9.54. The molecular formula is C38H20N4O2S4. The van der Waals surface area contributed by atoms with Crippen molar-refractivity contribution in [2.24, 2.45) is 0 Å². The second-order valence-corrected chi connectivity index (χ2v) is 15.4. The molecule has 48 heavy (non-hydrogen) atoms. The average molecular weight is 693 g/mol. The molecule has 0 saturated heterocycles. The van der Waals surface area contributed by atoms with Gasteiger partial charge in [0.05, 0.1) is 19.5 Å². The predicted molar refractivity (Wildman–Crippen MR) is 199 cm³/mol. The van der Waals surface area contributed by atoms with E-state index in [1.807, 2.05) is 60.9 Å². The summed E-state index contributed by atoms with van der Waals surface area (Å²) < 4.78 is 12.6. The molecule has 0 fully saturated rings. The van der Waals surface area contributed by atoms with Crippen LogP contribution in [0.1, 0.15) is 0 Å². The summed E-state index contributed by atoms with van der Waals surface area (Å²) in [6.45, 7) is 0. The van der Waals surface area contributed by atoms with Gasteiger partial charge in [-0.2, -0.15) is 0 Å². The normalized spacial score (nSPS) is 11.8. The molecule has 0 amide bonds. The van der Waals surface area contributed by atoms with Crippen LogP contribution in [-0.2, 0) is 0 Å². The molecule has 6 aromatic heterocycles. The first-order valence-electron chi connectivity index (χ1n) is 15.1. The van der Waals surface area contributed by atoms with E-state index in [2.05, 4.69) is 70.6 Å². The van der Waals surface area contributed by atoms with Crippen molar-refractivity contribution in [2.75, 3.05) is 0 Å². The van der Waals surface area contributed by atoms with E-state index in [-0.39, 0.29) is 0 Å². The Morgan fingerprint density at radius 2 is 0.854 bits per heavy atom. The number of hydrogen-bond acceptors (Lipinski definition) is 10. The van der Waals surface area contributed by atoms with Crippen LogP contribution in [0.2, 0.25) is 0 Å². The molecule has 10 aromatic rings. The Hall–Kier alpha value is -5.26. The van der Waals surface area contributed by atoms with Gasteiger partial charge in [0.1, 0.15) is 21.0 Å². The number of aromatic nitrogens is 4. The molecule has 6 heterocycles. The van der Waals surface area contributed by atoms with Gasteiger partial charge < -0.3 is 8.83 Å². The highest BCUT2D eigenvalue weighted by molar-refractivity contribution is 7.25. The van der Waals surface area contributed by atoms with Crippen molar-refractivity contribution < 1.29 is 8.83 Å². The monoisotopic (exact) mass is 692 g/mol. The smallest absolute Gasteiger partial charge is 0.237 e. The van der Waals surface area contributed by atoms with Gasteiger partial charge >= 0.3 is 0 Å². The SMILES string of the molecule is c1ccc(-c2ncc(-c3ccc(-c4nc5cc6cc7oc(-c8ccc(-c9cnc(-c%10ccccc%10)s9)s8)nc7cc6cc5o4)s3)s2)cc1. The van der Waals surface area contributed by atoms with Gasteiger partial charge in [-0.05, 0) is 59.3 Å². The first-order chi connectivity index (χ1) is 23.7. The average Bonchev–Trinajstić information content (AvgIpc) is 3.97. The number of benzene rings is 4. The highest BCUT2D eigenvalue weighted by Gasteiger charge is 2.17. The standard InChI is InChI=1S/C38H20N4O2S4/c1-3-7-21(8-4-1)37-39-19-33(47-37)29-11-13-31(45-29)35-41-25-15-23-18-28-26(16-24(23)17-27(25)43-35)42-36(44-28)32-14-12-30(46-32)34-20-40-38(48-34)22-9-5-2-6-10-22/h1-20H. The van der Waals surface area contributed by atoms with E-state index >= 15 is 0 Å². The second kappa shape index (κ2) is 11.2. The lowest BCUT2D eigenvalue weighted by Crippen LogP contribution is -1.76. The molecule has 0 N–H and O–H groups in total. The summed E-state index contributed by atoms with van der Waals surface area (Å²) >= 11 is 6.69. The molecule has 0 bridgehead atoms. The van der Waals surface area contributed by atoms with Gasteiger partial charge in [-0.1, -0.05) is 60.7 Å². The van der Waals surface area contributed by atoms with E-state index in [0.29, 0.717) is 11.8 Å². The van der Waals surface area contributed by atoms with Crippen molar-refractivity contribution >= 4 is 78.3 Å². The molecule has 0 saturated carbocycles. The molecule has 0 aliphatic rings. The third kappa shape index (κ3) is 4.89. The van der Waals surface area contributed by atoms with Crippen LogP contribution < -0.4 is 0 Å². The zero-order chi connectivity index (χ0) is 31.6. The van der Waals surface area contributed by atoms with Crippen molar-refractivity contribution in [3.8, 4) is 62.2 Å². The van der Waals surface area contributed by atoms with Gasteiger partial charge in [-0.3, -0.25) is 0 Å². The van der Waals surface area contributed by atoms with Crippen LogP contribution in [0.3, 0.4) is 0 Å². The number of hydrogen-bond donors (Lipinski definition) is 0. The van der Waals surface area contributed by atoms with Gasteiger partial charge in [-0.25, -0.2) is 19.9 Å². The molecule has 10 rings (SSSR count). The zero-order valence-electron chi connectivity index (χ0n) is 24.8. The topological polar surface area (TPSA) is 77.8 Å². The van der Waals surface area contributed by atoms with E-state index < -0.39 is 0 Å². The highest BCUT2D eigenvalue weighted by Crippen LogP contribution is 2.42. The Labute approximate surface area is 289 Å². The highest BCUT2D eigenvalue weighted by atomic mass is 32.1. The van der Waals surface area contributed by atoms with Crippen LogP contribution in [0.4, 0.5) is 0 Å². The lowest BCUT2D eigenvalue weighted by Gasteiger charge is -1.96.